The number of amides is 1. The van der Waals surface area contributed by atoms with E-state index in [1.807, 2.05) is 24.0 Å². The van der Waals surface area contributed by atoms with Gasteiger partial charge in [0.15, 0.2) is 11.9 Å². The number of nitrogens with zero attached hydrogens (tertiary/aromatic N) is 5. The van der Waals surface area contributed by atoms with Crippen molar-refractivity contribution in [3.05, 3.63) is 53.5 Å². The highest BCUT2D eigenvalue weighted by Gasteiger charge is 2.36. The summed E-state index contributed by atoms with van der Waals surface area (Å²) in [4.78, 5) is 22.1. The van der Waals surface area contributed by atoms with E-state index < -0.39 is 11.8 Å². The zero-order chi connectivity index (χ0) is 27.3. The molecule has 2 fully saturated rings. The van der Waals surface area contributed by atoms with Gasteiger partial charge in [-0.1, -0.05) is 0 Å². The summed E-state index contributed by atoms with van der Waals surface area (Å²) in [6.07, 6.45) is 6.72. The van der Waals surface area contributed by atoms with Crippen molar-refractivity contribution < 1.29 is 19.7 Å². The van der Waals surface area contributed by atoms with E-state index in [0.29, 0.717) is 41.6 Å². The summed E-state index contributed by atoms with van der Waals surface area (Å²) in [6.45, 7) is 9.50. The standard InChI is InChI=1S/C29H38N6O4/c1-18(13-29(2,3)38)34-15-20-11-24(32-27(36)23-14-31-35-8-4-7-30-26(23)35)25(12-22(20)28(34)37)33-9-5-19(6-10-33)21-16-39-17-21/h4,7-8,11-12,14,18-19,21,27,32,36,38H,5-6,9-10,13,15-17H2,1-3H3/t18-,27?/m1/s1. The van der Waals surface area contributed by atoms with Gasteiger partial charge >= 0.3 is 0 Å². The molecule has 0 bridgehead atoms. The van der Waals surface area contributed by atoms with Crippen LogP contribution in [0, 0.1) is 11.8 Å². The van der Waals surface area contributed by atoms with Crippen molar-refractivity contribution in [1.29, 1.82) is 0 Å². The molecule has 39 heavy (non-hydrogen) atoms. The molecular formula is C29H38N6O4. The van der Waals surface area contributed by atoms with Crippen LogP contribution in [0.3, 0.4) is 0 Å². The first-order valence-electron chi connectivity index (χ1n) is 13.9. The Bertz CT molecular complexity index is 1360. The maximum absolute atomic E-state index is 13.5. The number of aromatic nitrogens is 3. The van der Waals surface area contributed by atoms with Crippen LogP contribution < -0.4 is 10.2 Å². The Kier molecular flexibility index (Phi) is 6.73. The number of rotatable bonds is 8. The second kappa shape index (κ2) is 10.1. The average molecular weight is 535 g/mol. The van der Waals surface area contributed by atoms with Gasteiger partial charge in [0.25, 0.3) is 5.91 Å². The third-order valence-corrected chi connectivity index (χ3v) is 8.48. The minimum Gasteiger partial charge on any atom is -0.390 e. The van der Waals surface area contributed by atoms with Crippen LogP contribution in [0.1, 0.15) is 67.7 Å². The van der Waals surface area contributed by atoms with Crippen LogP contribution in [0.15, 0.2) is 36.8 Å². The summed E-state index contributed by atoms with van der Waals surface area (Å²) >= 11 is 0. The number of carbonyl (C=O) groups excluding carboxylic acids is 1. The van der Waals surface area contributed by atoms with Crippen LogP contribution in [0.2, 0.25) is 0 Å². The predicted molar refractivity (Wildman–Crippen MR) is 148 cm³/mol. The minimum atomic E-state index is -1.03. The van der Waals surface area contributed by atoms with E-state index in [9.17, 15) is 15.0 Å². The highest BCUT2D eigenvalue weighted by atomic mass is 16.5. The van der Waals surface area contributed by atoms with Gasteiger partial charge in [0.2, 0.25) is 0 Å². The fourth-order valence-electron chi connectivity index (χ4n) is 6.34. The molecule has 208 valence electrons. The summed E-state index contributed by atoms with van der Waals surface area (Å²) in [5, 5.41) is 29.3. The third kappa shape index (κ3) is 5.08. The number of hydrogen-bond acceptors (Lipinski definition) is 8. The third-order valence-electron chi connectivity index (χ3n) is 8.48. The Balaban J connectivity index is 1.30. The van der Waals surface area contributed by atoms with Gasteiger partial charge in [-0.25, -0.2) is 9.50 Å². The maximum atomic E-state index is 13.5. The lowest BCUT2D eigenvalue weighted by Crippen LogP contribution is -2.42. The molecule has 3 aliphatic heterocycles. The molecule has 6 rings (SSSR count). The fourth-order valence-corrected chi connectivity index (χ4v) is 6.34. The Morgan fingerprint density at radius 1 is 1.21 bits per heavy atom. The van der Waals surface area contributed by atoms with E-state index in [2.05, 4.69) is 20.3 Å². The molecule has 3 N–H and O–H groups in total. The van der Waals surface area contributed by atoms with Crippen LogP contribution in [0.25, 0.3) is 5.65 Å². The van der Waals surface area contributed by atoms with Gasteiger partial charge in [0.1, 0.15) is 0 Å². The van der Waals surface area contributed by atoms with Gasteiger partial charge in [-0.3, -0.25) is 4.79 Å². The number of carbonyl (C=O) groups is 1. The lowest BCUT2D eigenvalue weighted by molar-refractivity contribution is -0.0650. The van der Waals surface area contributed by atoms with Crippen molar-refractivity contribution in [2.24, 2.45) is 11.8 Å². The highest BCUT2D eigenvalue weighted by Crippen LogP contribution is 2.40. The summed E-state index contributed by atoms with van der Waals surface area (Å²) in [7, 11) is 0. The molecule has 0 radical (unpaired) electrons. The molecule has 1 amide bonds. The molecule has 3 aromatic rings. The average Bonchev–Trinajstić information content (AvgIpc) is 3.43. The maximum Gasteiger partial charge on any atom is 0.254 e. The van der Waals surface area contributed by atoms with E-state index in [1.54, 1.807) is 43.0 Å². The van der Waals surface area contributed by atoms with Crippen LogP contribution in [-0.2, 0) is 11.3 Å². The van der Waals surface area contributed by atoms with Crippen LogP contribution >= 0.6 is 0 Å². The molecule has 10 nitrogen and oxygen atoms in total. The van der Waals surface area contributed by atoms with Crippen molar-refractivity contribution in [3.63, 3.8) is 0 Å². The van der Waals surface area contributed by atoms with Gasteiger partial charge in [-0.05, 0) is 69.7 Å². The molecule has 1 unspecified atom stereocenters. The Morgan fingerprint density at radius 2 is 1.97 bits per heavy atom. The van der Waals surface area contributed by atoms with E-state index in [1.165, 1.54) is 0 Å². The smallest absolute Gasteiger partial charge is 0.254 e. The van der Waals surface area contributed by atoms with Crippen molar-refractivity contribution >= 4 is 22.9 Å². The van der Waals surface area contributed by atoms with Gasteiger partial charge < -0.3 is 30.1 Å². The summed E-state index contributed by atoms with van der Waals surface area (Å²) in [6, 6.07) is 5.68. The molecule has 3 aliphatic rings. The van der Waals surface area contributed by atoms with Crippen LogP contribution in [0.5, 0.6) is 0 Å². The molecule has 10 heteroatoms. The number of hydrogen-bond donors (Lipinski definition) is 3. The first kappa shape index (κ1) is 26.0. The van der Waals surface area contributed by atoms with Gasteiger partial charge in [0, 0.05) is 49.6 Å². The lowest BCUT2D eigenvalue weighted by Gasteiger charge is -2.41. The van der Waals surface area contributed by atoms with E-state index in [0.717, 1.165) is 56.1 Å². The predicted octanol–water partition coefficient (Wildman–Crippen LogP) is 3.20. The first-order chi connectivity index (χ1) is 18.7. The number of benzene rings is 1. The van der Waals surface area contributed by atoms with Crippen molar-refractivity contribution in [2.45, 2.75) is 64.4 Å². The molecule has 0 saturated carbocycles. The number of nitrogens with one attached hydrogen (secondary N) is 1. The first-order valence-corrected chi connectivity index (χ1v) is 13.9. The molecule has 0 aliphatic carbocycles. The second-order valence-electron chi connectivity index (χ2n) is 12.0. The molecule has 5 heterocycles. The van der Waals surface area contributed by atoms with Gasteiger partial charge in [-0.2, -0.15) is 5.10 Å². The van der Waals surface area contributed by atoms with Gasteiger partial charge in [-0.15, -0.1) is 0 Å². The zero-order valence-corrected chi connectivity index (χ0v) is 22.9. The Labute approximate surface area is 228 Å². The monoisotopic (exact) mass is 534 g/mol. The number of ether oxygens (including phenoxy) is 1. The highest BCUT2D eigenvalue weighted by molar-refractivity contribution is 6.01. The normalized spacial score (nSPS) is 20.3. The van der Waals surface area contributed by atoms with E-state index in [4.69, 9.17) is 4.74 Å². The van der Waals surface area contributed by atoms with Crippen LogP contribution in [-0.4, -0.2) is 73.6 Å². The zero-order valence-electron chi connectivity index (χ0n) is 22.9. The molecule has 2 aromatic heterocycles. The molecule has 1 aromatic carbocycles. The Morgan fingerprint density at radius 3 is 2.67 bits per heavy atom. The van der Waals surface area contributed by atoms with E-state index >= 15 is 0 Å². The van der Waals surface area contributed by atoms with Crippen molar-refractivity contribution in [3.8, 4) is 0 Å². The quantitative estimate of drug-likeness (QED) is 0.378. The summed E-state index contributed by atoms with van der Waals surface area (Å²) in [5.74, 6) is 1.31. The number of aliphatic hydroxyl groups is 2. The molecule has 2 saturated heterocycles. The SMILES string of the molecule is C[C@H](CC(C)(C)O)N1Cc2cc(NC(O)c3cnn4cccnc34)c(N3CCC(C4COC4)CC3)cc2C1=O. The fraction of sp³-hybridized carbons (Fsp3) is 0.552. The molecule has 2 atom stereocenters. The largest absolute Gasteiger partial charge is 0.390 e. The molecular weight excluding hydrogens is 496 g/mol. The van der Waals surface area contributed by atoms with Gasteiger partial charge in [0.05, 0.1) is 41.9 Å². The number of anilines is 2. The summed E-state index contributed by atoms with van der Waals surface area (Å²) in [5.41, 5.74) is 3.63. The topological polar surface area (TPSA) is 115 Å². The van der Waals surface area contributed by atoms with Crippen molar-refractivity contribution in [1.82, 2.24) is 19.5 Å². The van der Waals surface area contributed by atoms with Crippen LogP contribution in [0.4, 0.5) is 11.4 Å². The van der Waals surface area contributed by atoms with E-state index in [-0.39, 0.29) is 11.9 Å². The second-order valence-corrected chi connectivity index (χ2v) is 12.0. The molecule has 0 spiro atoms. The van der Waals surface area contributed by atoms with Crippen molar-refractivity contribution in [2.75, 3.05) is 36.5 Å². The lowest BCUT2D eigenvalue weighted by atomic mass is 9.83. The summed E-state index contributed by atoms with van der Waals surface area (Å²) < 4.78 is 7.07. The number of fused-ring (bicyclic) bond motifs is 2. The Hall–Kier alpha value is -3.21. The minimum absolute atomic E-state index is 0.0107. The number of aliphatic hydroxyl groups excluding tert-OH is 1. The number of piperidine rings is 1.